The first-order chi connectivity index (χ1) is 13.7. The van der Waals surface area contributed by atoms with Crippen LogP contribution < -0.4 is 0 Å². The van der Waals surface area contributed by atoms with Crippen molar-refractivity contribution in [2.24, 2.45) is 0 Å². The maximum Gasteiger partial charge on any atom is 0.125 e. The number of H-pyrrole nitrogens is 1. The Morgan fingerprint density at radius 1 is 0.821 bits per heavy atom. The van der Waals surface area contributed by atoms with Gasteiger partial charge in [0.15, 0.2) is 0 Å². The first-order valence-corrected chi connectivity index (χ1v) is 9.66. The second-order valence-corrected chi connectivity index (χ2v) is 7.53. The van der Waals surface area contributed by atoms with Gasteiger partial charge in [0.2, 0.25) is 0 Å². The standard InChI is InChI=1S/C26H22N2/c1-18-11-12-23(19(2)17-18)26(25-27-15-16-28-25)14-13-20-7-3-4-8-21(20)22-9-5-6-10-24(22)26/h3-17H,1-2H3,(H,27,28). The van der Waals surface area contributed by atoms with Crippen LogP contribution in [0.15, 0.2) is 85.2 Å². The van der Waals surface area contributed by atoms with E-state index in [1.54, 1.807) is 0 Å². The second-order valence-electron chi connectivity index (χ2n) is 7.53. The molecule has 0 radical (unpaired) electrons. The van der Waals surface area contributed by atoms with Gasteiger partial charge in [-0.3, -0.25) is 0 Å². The Labute approximate surface area is 165 Å². The minimum atomic E-state index is -0.475. The molecule has 4 aromatic rings. The number of rotatable bonds is 2. The number of allylic oxidation sites excluding steroid dienone is 1. The summed E-state index contributed by atoms with van der Waals surface area (Å²) in [5, 5.41) is 0. The van der Waals surface area contributed by atoms with E-state index in [1.165, 1.54) is 38.9 Å². The number of aromatic amines is 1. The average molecular weight is 362 g/mol. The monoisotopic (exact) mass is 362 g/mol. The predicted molar refractivity (Wildman–Crippen MR) is 115 cm³/mol. The molecule has 1 aliphatic carbocycles. The predicted octanol–water partition coefficient (Wildman–Crippen LogP) is 6.05. The molecule has 0 amide bonds. The summed E-state index contributed by atoms with van der Waals surface area (Å²) < 4.78 is 0. The number of imidazole rings is 1. The van der Waals surface area contributed by atoms with Crippen molar-refractivity contribution < 1.29 is 0 Å². The van der Waals surface area contributed by atoms with Gasteiger partial charge in [0.1, 0.15) is 5.82 Å². The molecule has 1 heterocycles. The summed E-state index contributed by atoms with van der Waals surface area (Å²) in [7, 11) is 0. The Kier molecular flexibility index (Phi) is 3.80. The first kappa shape index (κ1) is 16.8. The number of hydrogen-bond acceptors (Lipinski definition) is 1. The molecular formula is C26H22N2. The van der Waals surface area contributed by atoms with Crippen molar-refractivity contribution in [1.82, 2.24) is 9.97 Å². The zero-order valence-corrected chi connectivity index (χ0v) is 16.1. The minimum Gasteiger partial charge on any atom is -0.347 e. The van der Waals surface area contributed by atoms with E-state index in [9.17, 15) is 0 Å². The highest BCUT2D eigenvalue weighted by Crippen LogP contribution is 2.47. The molecule has 2 nitrogen and oxygen atoms in total. The summed E-state index contributed by atoms with van der Waals surface area (Å²) in [5.41, 5.74) is 8.30. The van der Waals surface area contributed by atoms with E-state index in [1.807, 2.05) is 12.4 Å². The highest BCUT2D eigenvalue weighted by atomic mass is 14.9. The zero-order valence-electron chi connectivity index (χ0n) is 16.1. The van der Waals surface area contributed by atoms with Gasteiger partial charge in [0, 0.05) is 12.4 Å². The minimum absolute atomic E-state index is 0.475. The third-order valence-corrected chi connectivity index (χ3v) is 5.79. The number of hydrogen-bond donors (Lipinski definition) is 1. The molecule has 2 heteroatoms. The van der Waals surface area contributed by atoms with E-state index in [0.717, 1.165) is 5.82 Å². The van der Waals surface area contributed by atoms with Gasteiger partial charge in [-0.15, -0.1) is 0 Å². The zero-order chi connectivity index (χ0) is 19.1. The van der Waals surface area contributed by atoms with Gasteiger partial charge in [0.25, 0.3) is 0 Å². The molecule has 0 aliphatic heterocycles. The van der Waals surface area contributed by atoms with Crippen LogP contribution in [0.5, 0.6) is 0 Å². The van der Waals surface area contributed by atoms with Crippen molar-refractivity contribution in [2.45, 2.75) is 19.3 Å². The van der Waals surface area contributed by atoms with E-state index < -0.39 is 5.41 Å². The summed E-state index contributed by atoms with van der Waals surface area (Å²) >= 11 is 0. The number of benzene rings is 3. The van der Waals surface area contributed by atoms with Crippen molar-refractivity contribution >= 4 is 6.08 Å². The van der Waals surface area contributed by atoms with Gasteiger partial charge < -0.3 is 4.98 Å². The van der Waals surface area contributed by atoms with Crippen LogP contribution in [0.2, 0.25) is 0 Å². The smallest absolute Gasteiger partial charge is 0.125 e. The van der Waals surface area contributed by atoms with Crippen LogP contribution in [0.25, 0.3) is 17.2 Å². The molecule has 136 valence electrons. The second kappa shape index (κ2) is 6.35. The van der Waals surface area contributed by atoms with Crippen LogP contribution >= 0.6 is 0 Å². The highest BCUT2D eigenvalue weighted by molar-refractivity contribution is 5.83. The van der Waals surface area contributed by atoms with E-state index >= 15 is 0 Å². The lowest BCUT2D eigenvalue weighted by Crippen LogP contribution is -2.30. The first-order valence-electron chi connectivity index (χ1n) is 9.66. The fraction of sp³-hybridized carbons (Fsp3) is 0.115. The fourth-order valence-corrected chi connectivity index (χ4v) is 4.56. The van der Waals surface area contributed by atoms with Crippen LogP contribution in [0, 0.1) is 13.8 Å². The van der Waals surface area contributed by atoms with Crippen LogP contribution in [0.1, 0.15) is 33.6 Å². The van der Waals surface area contributed by atoms with Crippen LogP contribution in [-0.4, -0.2) is 9.97 Å². The Morgan fingerprint density at radius 2 is 1.61 bits per heavy atom. The Bertz CT molecular complexity index is 1180. The highest BCUT2D eigenvalue weighted by Gasteiger charge is 2.40. The molecule has 5 rings (SSSR count). The van der Waals surface area contributed by atoms with E-state index in [2.05, 4.69) is 97.7 Å². The van der Waals surface area contributed by atoms with Crippen molar-refractivity contribution in [3.63, 3.8) is 0 Å². The van der Waals surface area contributed by atoms with Crippen LogP contribution in [-0.2, 0) is 5.41 Å². The summed E-state index contributed by atoms with van der Waals surface area (Å²) in [6.07, 6.45) is 8.31. The van der Waals surface area contributed by atoms with E-state index in [-0.39, 0.29) is 0 Å². The van der Waals surface area contributed by atoms with Gasteiger partial charge in [-0.1, -0.05) is 84.4 Å². The van der Waals surface area contributed by atoms with Gasteiger partial charge in [0.05, 0.1) is 5.41 Å². The van der Waals surface area contributed by atoms with Gasteiger partial charge >= 0.3 is 0 Å². The summed E-state index contributed by atoms with van der Waals surface area (Å²) in [6.45, 7) is 4.34. The van der Waals surface area contributed by atoms with E-state index in [0.29, 0.717) is 0 Å². The lowest BCUT2D eigenvalue weighted by atomic mass is 9.70. The molecule has 0 bridgehead atoms. The molecular weight excluding hydrogens is 340 g/mol. The number of nitrogens with one attached hydrogen (secondary N) is 1. The van der Waals surface area contributed by atoms with E-state index in [4.69, 9.17) is 4.98 Å². The summed E-state index contributed by atoms with van der Waals surface area (Å²) in [6, 6.07) is 24.0. The van der Waals surface area contributed by atoms with Crippen LogP contribution in [0.4, 0.5) is 0 Å². The van der Waals surface area contributed by atoms with Gasteiger partial charge in [-0.05, 0) is 47.2 Å². The topological polar surface area (TPSA) is 28.7 Å². The molecule has 1 aromatic heterocycles. The molecule has 28 heavy (non-hydrogen) atoms. The number of aromatic nitrogens is 2. The SMILES string of the molecule is Cc1ccc(C2(c3ncc[nH]3)C=Cc3ccccc3-c3ccccc32)c(C)c1. The Morgan fingerprint density at radius 3 is 2.39 bits per heavy atom. The number of aryl methyl sites for hydroxylation is 2. The molecule has 1 N–H and O–H groups in total. The summed E-state index contributed by atoms with van der Waals surface area (Å²) in [4.78, 5) is 8.17. The lowest BCUT2D eigenvalue weighted by Gasteiger charge is -2.33. The molecule has 1 aliphatic rings. The third kappa shape index (κ3) is 2.38. The summed E-state index contributed by atoms with van der Waals surface area (Å²) in [5.74, 6) is 0.941. The molecule has 0 fully saturated rings. The lowest BCUT2D eigenvalue weighted by molar-refractivity contribution is 0.719. The van der Waals surface area contributed by atoms with Gasteiger partial charge in [-0.25, -0.2) is 4.98 Å². The van der Waals surface area contributed by atoms with Gasteiger partial charge in [-0.2, -0.15) is 0 Å². The largest absolute Gasteiger partial charge is 0.347 e. The molecule has 0 saturated carbocycles. The molecule has 1 unspecified atom stereocenters. The molecule has 3 aromatic carbocycles. The number of nitrogens with zero attached hydrogens (tertiary/aromatic N) is 1. The maximum atomic E-state index is 4.75. The molecule has 1 atom stereocenters. The third-order valence-electron chi connectivity index (χ3n) is 5.79. The van der Waals surface area contributed by atoms with Crippen molar-refractivity contribution in [3.05, 3.63) is 119 Å². The maximum absolute atomic E-state index is 4.75. The van der Waals surface area contributed by atoms with Crippen LogP contribution in [0.3, 0.4) is 0 Å². The molecule has 0 spiro atoms. The van der Waals surface area contributed by atoms with Crippen molar-refractivity contribution in [1.29, 1.82) is 0 Å². The Balaban J connectivity index is 1.93. The number of fused-ring (bicyclic) bond motifs is 3. The Hall–Kier alpha value is -3.39. The quantitative estimate of drug-likeness (QED) is 0.462. The van der Waals surface area contributed by atoms with Crippen molar-refractivity contribution in [3.8, 4) is 11.1 Å². The van der Waals surface area contributed by atoms with Crippen molar-refractivity contribution in [2.75, 3.05) is 0 Å². The average Bonchev–Trinajstić information content (AvgIpc) is 3.21. The normalized spacial score (nSPS) is 17.6. The fourth-order valence-electron chi connectivity index (χ4n) is 4.56. The molecule has 0 saturated heterocycles.